The number of aromatic carboxylic acids is 1. The van der Waals surface area contributed by atoms with Gasteiger partial charge in [-0.2, -0.15) is 0 Å². The second-order valence-electron chi connectivity index (χ2n) is 9.81. The first kappa shape index (κ1) is 25.6. The van der Waals surface area contributed by atoms with Crippen LogP contribution in [0.15, 0.2) is 72.8 Å². The average Bonchev–Trinajstić information content (AvgIpc) is 2.96. The number of nitrogens with zero attached hydrogens (tertiary/aromatic N) is 1. The molecule has 0 spiro atoms. The van der Waals surface area contributed by atoms with Crippen LogP contribution in [0, 0.1) is 5.92 Å². The van der Waals surface area contributed by atoms with Crippen LogP contribution in [-0.2, 0) is 11.3 Å². The molecule has 0 aromatic heterocycles. The third kappa shape index (κ3) is 6.08. The number of carboxylic acids is 1. The Hall–Kier alpha value is -4.04. The van der Waals surface area contributed by atoms with Gasteiger partial charge in [-0.05, 0) is 78.9 Å². The minimum atomic E-state index is -1.03. The lowest BCUT2D eigenvalue weighted by Gasteiger charge is -2.43. The van der Waals surface area contributed by atoms with Gasteiger partial charge in [0.25, 0.3) is 0 Å². The van der Waals surface area contributed by atoms with Gasteiger partial charge < -0.3 is 24.6 Å². The van der Waals surface area contributed by atoms with E-state index in [4.69, 9.17) is 14.2 Å². The first-order valence-corrected chi connectivity index (χ1v) is 12.9. The Bertz CT molecular complexity index is 1270. The number of carboxylic acid groups (broad SMARTS) is 1. The highest BCUT2D eigenvalue weighted by molar-refractivity contribution is 5.88. The number of rotatable bonds is 9. The Morgan fingerprint density at radius 1 is 0.974 bits per heavy atom. The van der Waals surface area contributed by atoms with Crippen LogP contribution in [0.4, 0.5) is 4.79 Å². The molecule has 8 nitrogen and oxygen atoms in total. The number of methoxy groups -OCH3 is 1. The standard InChI is InChI=1S/C30H32N2O6/c1-36-26-15-20(14-24(17-26)29(33)34)19-37-25-9-5-8-23(16-25)28(22-6-3-2-4-7-22)31-30(35)38-27-18-32-12-10-21(27)11-13-32/h2-9,14-17,21,27-28H,10-13,18-19H2,1H3,(H,31,35)(H,33,34)/t27-,28-/m0/s1. The van der Waals surface area contributed by atoms with E-state index in [9.17, 15) is 14.7 Å². The molecule has 3 aromatic carbocycles. The SMILES string of the molecule is COc1cc(COc2cccc([C@@H](NC(=O)O[C@H]3CN4CCC3CC4)c3ccccc3)c2)cc(C(=O)O)c1. The number of fused-ring (bicyclic) bond motifs is 3. The summed E-state index contributed by atoms with van der Waals surface area (Å²) in [6.07, 6.45) is 1.63. The highest BCUT2D eigenvalue weighted by Gasteiger charge is 2.36. The van der Waals surface area contributed by atoms with Gasteiger partial charge in [0.1, 0.15) is 24.2 Å². The highest BCUT2D eigenvalue weighted by atomic mass is 16.6. The average molecular weight is 517 g/mol. The molecule has 2 atom stereocenters. The molecular formula is C30H32N2O6. The van der Waals surface area contributed by atoms with Crippen molar-refractivity contribution < 1.29 is 28.9 Å². The monoisotopic (exact) mass is 516 g/mol. The molecule has 198 valence electrons. The molecule has 0 aliphatic carbocycles. The normalized spacial score (nSPS) is 20.8. The van der Waals surface area contributed by atoms with E-state index in [1.165, 1.54) is 13.2 Å². The van der Waals surface area contributed by atoms with E-state index in [0.29, 0.717) is 23.0 Å². The molecule has 2 N–H and O–H groups in total. The number of alkyl carbamates (subject to hydrolysis) is 1. The van der Waals surface area contributed by atoms with Crippen LogP contribution in [0.3, 0.4) is 0 Å². The maximum atomic E-state index is 13.0. The zero-order valence-corrected chi connectivity index (χ0v) is 21.3. The number of hydrogen-bond donors (Lipinski definition) is 2. The second kappa shape index (κ2) is 11.6. The summed E-state index contributed by atoms with van der Waals surface area (Å²) in [7, 11) is 1.49. The van der Waals surface area contributed by atoms with Gasteiger partial charge in [-0.3, -0.25) is 4.90 Å². The fourth-order valence-electron chi connectivity index (χ4n) is 5.27. The maximum absolute atomic E-state index is 13.0. The topological polar surface area (TPSA) is 97.3 Å². The summed E-state index contributed by atoms with van der Waals surface area (Å²) < 4.78 is 17.2. The van der Waals surface area contributed by atoms with Gasteiger partial charge in [-0.15, -0.1) is 0 Å². The van der Waals surface area contributed by atoms with Crippen LogP contribution in [0.5, 0.6) is 11.5 Å². The molecule has 3 aliphatic heterocycles. The zero-order valence-electron chi connectivity index (χ0n) is 21.3. The largest absolute Gasteiger partial charge is 0.497 e. The lowest BCUT2D eigenvalue weighted by atomic mass is 9.86. The van der Waals surface area contributed by atoms with E-state index in [1.807, 2.05) is 54.6 Å². The number of amides is 1. The van der Waals surface area contributed by atoms with Gasteiger partial charge >= 0.3 is 12.1 Å². The van der Waals surface area contributed by atoms with E-state index in [-0.39, 0.29) is 18.3 Å². The first-order chi connectivity index (χ1) is 18.5. The van der Waals surface area contributed by atoms with Gasteiger partial charge in [-0.25, -0.2) is 9.59 Å². The molecule has 1 amide bonds. The number of nitrogens with one attached hydrogen (secondary N) is 1. The molecule has 8 heteroatoms. The van der Waals surface area contributed by atoms with Crippen LogP contribution in [0.25, 0.3) is 0 Å². The first-order valence-electron chi connectivity index (χ1n) is 12.9. The summed E-state index contributed by atoms with van der Waals surface area (Å²) in [5.41, 5.74) is 2.57. The van der Waals surface area contributed by atoms with Crippen molar-refractivity contribution in [2.45, 2.75) is 31.6 Å². The second-order valence-corrected chi connectivity index (χ2v) is 9.81. The number of ether oxygens (including phenoxy) is 3. The third-order valence-electron chi connectivity index (χ3n) is 7.30. The number of benzene rings is 3. The van der Waals surface area contributed by atoms with Gasteiger partial charge in [0.2, 0.25) is 0 Å². The van der Waals surface area contributed by atoms with Crippen molar-refractivity contribution in [2.24, 2.45) is 5.92 Å². The van der Waals surface area contributed by atoms with Crippen LogP contribution >= 0.6 is 0 Å². The third-order valence-corrected chi connectivity index (χ3v) is 7.30. The molecule has 38 heavy (non-hydrogen) atoms. The zero-order chi connectivity index (χ0) is 26.5. The molecule has 0 saturated carbocycles. The lowest BCUT2D eigenvalue weighted by molar-refractivity contribution is -0.0336. The van der Waals surface area contributed by atoms with Crippen molar-refractivity contribution in [3.8, 4) is 11.5 Å². The summed E-state index contributed by atoms with van der Waals surface area (Å²) in [6, 6.07) is 21.6. The molecular weight excluding hydrogens is 484 g/mol. The fraction of sp³-hybridized carbons (Fsp3) is 0.333. The fourth-order valence-corrected chi connectivity index (χ4v) is 5.27. The van der Waals surface area contributed by atoms with Gasteiger partial charge in [0.05, 0.1) is 18.7 Å². The minimum Gasteiger partial charge on any atom is -0.497 e. The van der Waals surface area contributed by atoms with Gasteiger partial charge in [0.15, 0.2) is 0 Å². The predicted octanol–water partition coefficient (Wildman–Crippen LogP) is 4.88. The summed E-state index contributed by atoms with van der Waals surface area (Å²) in [5, 5.41) is 12.5. The summed E-state index contributed by atoms with van der Waals surface area (Å²) in [5.74, 6) is 0.438. The smallest absolute Gasteiger partial charge is 0.408 e. The van der Waals surface area contributed by atoms with E-state index in [1.54, 1.807) is 12.1 Å². The van der Waals surface area contributed by atoms with Gasteiger partial charge in [-0.1, -0.05) is 42.5 Å². The van der Waals surface area contributed by atoms with E-state index >= 15 is 0 Å². The number of hydrogen-bond acceptors (Lipinski definition) is 6. The van der Waals surface area contributed by atoms with Crippen LogP contribution in [0.1, 0.15) is 45.9 Å². The van der Waals surface area contributed by atoms with Crippen LogP contribution in [0.2, 0.25) is 0 Å². The van der Waals surface area contributed by atoms with E-state index < -0.39 is 18.1 Å². The van der Waals surface area contributed by atoms with Gasteiger partial charge in [0, 0.05) is 6.54 Å². The molecule has 6 rings (SSSR count). The molecule has 0 unspecified atom stereocenters. The van der Waals surface area contributed by atoms with Crippen molar-refractivity contribution in [1.29, 1.82) is 0 Å². The lowest BCUT2D eigenvalue weighted by Crippen LogP contribution is -2.52. The molecule has 3 saturated heterocycles. The van der Waals surface area contributed by atoms with E-state index in [2.05, 4.69) is 10.2 Å². The van der Waals surface area contributed by atoms with Crippen molar-refractivity contribution in [3.63, 3.8) is 0 Å². The predicted molar refractivity (Wildman–Crippen MR) is 142 cm³/mol. The summed E-state index contributed by atoms with van der Waals surface area (Å²) in [6.45, 7) is 3.12. The molecule has 0 radical (unpaired) electrons. The summed E-state index contributed by atoms with van der Waals surface area (Å²) in [4.78, 5) is 26.9. The Kier molecular flexibility index (Phi) is 7.79. The van der Waals surface area contributed by atoms with E-state index in [0.717, 1.165) is 43.6 Å². The molecule has 3 aliphatic rings. The maximum Gasteiger partial charge on any atom is 0.408 e. The number of carbonyl (C=O) groups excluding carboxylic acids is 1. The van der Waals surface area contributed by atoms with Crippen molar-refractivity contribution in [3.05, 3.63) is 95.1 Å². The van der Waals surface area contributed by atoms with Crippen molar-refractivity contribution in [1.82, 2.24) is 10.2 Å². The Balaban J connectivity index is 1.31. The Morgan fingerprint density at radius 3 is 2.42 bits per heavy atom. The van der Waals surface area contributed by atoms with Crippen LogP contribution < -0.4 is 14.8 Å². The quantitative estimate of drug-likeness (QED) is 0.418. The molecule has 3 heterocycles. The Morgan fingerprint density at radius 2 is 1.74 bits per heavy atom. The van der Waals surface area contributed by atoms with Crippen molar-refractivity contribution >= 4 is 12.1 Å². The van der Waals surface area contributed by atoms with Crippen molar-refractivity contribution in [2.75, 3.05) is 26.7 Å². The molecule has 3 fully saturated rings. The highest BCUT2D eigenvalue weighted by Crippen LogP contribution is 2.31. The minimum absolute atomic E-state index is 0.0813. The molecule has 3 aromatic rings. The Labute approximate surface area is 222 Å². The van der Waals surface area contributed by atoms with Crippen LogP contribution in [-0.4, -0.2) is 54.9 Å². The number of piperidine rings is 3. The molecule has 2 bridgehead atoms. The summed E-state index contributed by atoms with van der Waals surface area (Å²) >= 11 is 0. The number of carbonyl (C=O) groups is 2.